The molecule has 0 radical (unpaired) electrons. The van der Waals surface area contributed by atoms with Gasteiger partial charge in [0.05, 0.1) is 5.39 Å². The number of amides is 1. The first-order valence-electron chi connectivity index (χ1n) is 9.87. The number of nitrogens with two attached hydrogens (primary N) is 1. The number of carbonyl (C=O) groups excluding carboxylic acids is 1. The fourth-order valence-electron chi connectivity index (χ4n) is 3.59. The Hall–Kier alpha value is -3.71. The van der Waals surface area contributed by atoms with Crippen LogP contribution in [0.1, 0.15) is 40.2 Å². The lowest BCUT2D eigenvalue weighted by atomic mass is 10.0. The van der Waals surface area contributed by atoms with Crippen LogP contribution in [0, 0.1) is 13.8 Å². The molecule has 8 heteroatoms. The Balaban J connectivity index is 1.88. The van der Waals surface area contributed by atoms with E-state index >= 15 is 0 Å². The third kappa shape index (κ3) is 3.94. The number of hydrogen-bond acceptors (Lipinski definition) is 6. The highest BCUT2D eigenvalue weighted by atomic mass is 35.5. The Labute approximate surface area is 188 Å². The van der Waals surface area contributed by atoms with Crippen LogP contribution in [0.15, 0.2) is 58.0 Å². The van der Waals surface area contributed by atoms with Gasteiger partial charge in [0, 0.05) is 29.1 Å². The highest BCUT2D eigenvalue weighted by molar-refractivity contribution is 6.29. The number of pyridine rings is 2. The molecule has 0 saturated carbocycles. The molecule has 4 rings (SSSR count). The average Bonchev–Trinajstić information content (AvgIpc) is 2.77. The summed E-state index contributed by atoms with van der Waals surface area (Å²) in [5.41, 5.74) is 8.33. The topological polar surface area (TPSA) is 108 Å². The molecule has 2 N–H and O–H groups in total. The molecular weight excluding hydrogens is 430 g/mol. The van der Waals surface area contributed by atoms with E-state index in [0.29, 0.717) is 33.4 Å². The first kappa shape index (κ1) is 21.5. The van der Waals surface area contributed by atoms with Crippen molar-refractivity contribution in [1.82, 2.24) is 9.97 Å². The first-order valence-corrected chi connectivity index (χ1v) is 10.3. The van der Waals surface area contributed by atoms with E-state index in [4.69, 9.17) is 26.5 Å². The van der Waals surface area contributed by atoms with Crippen molar-refractivity contribution in [2.75, 3.05) is 0 Å². The van der Waals surface area contributed by atoms with Crippen molar-refractivity contribution in [3.8, 4) is 17.1 Å². The van der Waals surface area contributed by atoms with Crippen LogP contribution in [0.4, 0.5) is 0 Å². The van der Waals surface area contributed by atoms with E-state index in [1.165, 1.54) is 12.1 Å². The quantitative estimate of drug-likeness (QED) is 0.440. The molecule has 3 heterocycles. The van der Waals surface area contributed by atoms with E-state index in [1.54, 1.807) is 38.4 Å². The van der Waals surface area contributed by atoms with Crippen LogP contribution < -0.4 is 15.9 Å². The molecule has 1 amide bonds. The molecule has 4 aromatic rings. The van der Waals surface area contributed by atoms with Crippen LogP contribution >= 0.6 is 11.6 Å². The van der Waals surface area contributed by atoms with Crippen molar-refractivity contribution in [1.29, 1.82) is 0 Å². The van der Waals surface area contributed by atoms with Gasteiger partial charge in [0.25, 0.3) is 5.91 Å². The van der Waals surface area contributed by atoms with Gasteiger partial charge in [-0.25, -0.2) is 4.98 Å². The summed E-state index contributed by atoms with van der Waals surface area (Å²) in [6.45, 7) is 5.41. The zero-order valence-corrected chi connectivity index (χ0v) is 18.4. The van der Waals surface area contributed by atoms with Gasteiger partial charge in [-0.05, 0) is 62.7 Å². The van der Waals surface area contributed by atoms with E-state index < -0.39 is 12.0 Å². The predicted octanol–water partition coefficient (Wildman–Crippen LogP) is 4.76. The Kier molecular flexibility index (Phi) is 5.67. The molecule has 1 unspecified atom stereocenters. The van der Waals surface area contributed by atoms with Gasteiger partial charge < -0.3 is 14.9 Å². The van der Waals surface area contributed by atoms with Crippen LogP contribution in [-0.4, -0.2) is 15.9 Å². The normalized spacial score (nSPS) is 12.0. The summed E-state index contributed by atoms with van der Waals surface area (Å²) in [6, 6.07) is 10.3. The van der Waals surface area contributed by atoms with E-state index in [2.05, 4.69) is 9.97 Å². The van der Waals surface area contributed by atoms with Crippen molar-refractivity contribution in [3.63, 3.8) is 0 Å². The van der Waals surface area contributed by atoms with Crippen LogP contribution in [0.2, 0.25) is 5.15 Å². The maximum absolute atomic E-state index is 13.2. The number of aromatic nitrogens is 2. The highest BCUT2D eigenvalue weighted by Crippen LogP contribution is 2.33. The highest BCUT2D eigenvalue weighted by Gasteiger charge is 2.22. The summed E-state index contributed by atoms with van der Waals surface area (Å²) in [5.74, 6) is -0.130. The lowest BCUT2D eigenvalue weighted by Gasteiger charge is -2.19. The molecule has 0 aliphatic heterocycles. The van der Waals surface area contributed by atoms with Gasteiger partial charge in [0.15, 0.2) is 16.9 Å². The minimum atomic E-state index is -0.759. The Bertz CT molecular complexity index is 1400. The zero-order chi connectivity index (χ0) is 23.0. The van der Waals surface area contributed by atoms with Crippen LogP contribution in [0.5, 0.6) is 5.75 Å². The maximum Gasteiger partial charge on any atom is 0.271 e. The summed E-state index contributed by atoms with van der Waals surface area (Å²) < 4.78 is 12.3. The minimum Gasteiger partial charge on any atom is -0.483 e. The fraction of sp³-hybridized carbons (Fsp3) is 0.167. The first-order chi connectivity index (χ1) is 15.3. The van der Waals surface area contributed by atoms with Gasteiger partial charge in [0.1, 0.15) is 22.6 Å². The maximum atomic E-state index is 13.2. The molecule has 0 saturated heterocycles. The average molecular weight is 450 g/mol. The second kappa shape index (κ2) is 8.43. The predicted molar refractivity (Wildman–Crippen MR) is 122 cm³/mol. The smallest absolute Gasteiger partial charge is 0.271 e. The molecular formula is C24H20ClN3O4. The molecule has 162 valence electrons. The largest absolute Gasteiger partial charge is 0.483 e. The summed E-state index contributed by atoms with van der Waals surface area (Å²) in [6.07, 6.45) is 2.70. The van der Waals surface area contributed by atoms with Crippen LogP contribution in [-0.2, 0) is 0 Å². The minimum absolute atomic E-state index is 0.0744. The summed E-state index contributed by atoms with van der Waals surface area (Å²) >= 11 is 5.89. The standard InChI is InChI=1S/C24H20ClN3O4/c1-12-9-16(14(3)31-18-6-7-19(25)28-20(18)24(26)30)23-17(10-12)21(29)13(2)22(32-23)15-5-4-8-27-11-15/h4-11,14H,1-3H3,(H2,26,30). The number of halogens is 1. The second-order valence-electron chi connectivity index (χ2n) is 7.46. The van der Waals surface area contributed by atoms with E-state index in [0.717, 1.165) is 5.56 Å². The Morgan fingerprint density at radius 2 is 2.00 bits per heavy atom. The molecule has 32 heavy (non-hydrogen) atoms. The summed E-state index contributed by atoms with van der Waals surface area (Å²) in [7, 11) is 0. The molecule has 1 aromatic carbocycles. The van der Waals surface area contributed by atoms with Gasteiger partial charge in [-0.3, -0.25) is 14.6 Å². The molecule has 0 fully saturated rings. The van der Waals surface area contributed by atoms with Crippen LogP contribution in [0.3, 0.4) is 0 Å². The molecule has 7 nitrogen and oxygen atoms in total. The van der Waals surface area contributed by atoms with Crippen LogP contribution in [0.25, 0.3) is 22.3 Å². The monoisotopic (exact) mass is 449 g/mol. The Morgan fingerprint density at radius 1 is 1.22 bits per heavy atom. The molecule has 0 spiro atoms. The number of fused-ring (bicyclic) bond motifs is 1. The molecule has 3 aromatic heterocycles. The zero-order valence-electron chi connectivity index (χ0n) is 17.7. The van der Waals surface area contributed by atoms with Crippen molar-refractivity contribution < 1.29 is 13.9 Å². The third-order valence-electron chi connectivity index (χ3n) is 5.12. The summed E-state index contributed by atoms with van der Waals surface area (Å²) in [5, 5.41) is 0.576. The second-order valence-corrected chi connectivity index (χ2v) is 7.85. The number of aryl methyl sites for hydroxylation is 1. The van der Waals surface area contributed by atoms with Crippen molar-refractivity contribution >= 4 is 28.5 Å². The van der Waals surface area contributed by atoms with E-state index in [-0.39, 0.29) is 22.0 Å². The molecule has 0 aliphatic rings. The SMILES string of the molecule is Cc1cc(C(C)Oc2ccc(Cl)nc2C(N)=O)c2oc(-c3cccnc3)c(C)c(=O)c2c1. The van der Waals surface area contributed by atoms with Crippen molar-refractivity contribution in [2.45, 2.75) is 26.9 Å². The number of carbonyl (C=O) groups is 1. The van der Waals surface area contributed by atoms with Gasteiger partial charge in [-0.2, -0.15) is 0 Å². The van der Waals surface area contributed by atoms with Gasteiger partial charge >= 0.3 is 0 Å². The number of rotatable bonds is 5. The number of benzene rings is 1. The molecule has 0 aliphatic carbocycles. The van der Waals surface area contributed by atoms with Gasteiger partial charge in [-0.1, -0.05) is 11.6 Å². The van der Waals surface area contributed by atoms with E-state index in [9.17, 15) is 9.59 Å². The molecule has 1 atom stereocenters. The van der Waals surface area contributed by atoms with E-state index in [1.807, 2.05) is 19.1 Å². The lowest BCUT2D eigenvalue weighted by Crippen LogP contribution is -2.17. The van der Waals surface area contributed by atoms with Gasteiger partial charge in [-0.15, -0.1) is 0 Å². The van der Waals surface area contributed by atoms with Gasteiger partial charge in [0.2, 0.25) is 0 Å². The number of hydrogen-bond donors (Lipinski definition) is 1. The fourth-order valence-corrected chi connectivity index (χ4v) is 3.74. The lowest BCUT2D eigenvalue weighted by molar-refractivity contribution is 0.0988. The third-order valence-corrected chi connectivity index (χ3v) is 5.33. The van der Waals surface area contributed by atoms with Crippen molar-refractivity contribution in [3.05, 3.63) is 86.6 Å². The number of nitrogens with zero attached hydrogens (tertiary/aromatic N) is 2. The Morgan fingerprint density at radius 3 is 2.69 bits per heavy atom. The van der Waals surface area contributed by atoms with Crippen molar-refractivity contribution in [2.24, 2.45) is 5.73 Å². The summed E-state index contributed by atoms with van der Waals surface area (Å²) in [4.78, 5) is 33.1. The molecule has 0 bridgehead atoms. The number of primary amides is 1. The number of ether oxygens (including phenoxy) is 1.